The highest BCUT2D eigenvalue weighted by Crippen LogP contribution is 2.37. The van der Waals surface area contributed by atoms with Gasteiger partial charge in [0, 0.05) is 20.1 Å². The molecule has 0 N–H and O–H groups in total. The van der Waals surface area contributed by atoms with Gasteiger partial charge in [-0.1, -0.05) is 23.7 Å². The molecule has 1 aliphatic rings. The molecule has 108 valence electrons. The Labute approximate surface area is 126 Å². The van der Waals surface area contributed by atoms with Crippen molar-refractivity contribution in [3.8, 4) is 0 Å². The lowest BCUT2D eigenvalue weighted by Gasteiger charge is -2.36. The Morgan fingerprint density at radius 3 is 2.67 bits per heavy atom. The van der Waals surface area contributed by atoms with Gasteiger partial charge in [-0.2, -0.15) is 0 Å². The van der Waals surface area contributed by atoms with E-state index in [2.05, 4.69) is 9.88 Å². The van der Waals surface area contributed by atoms with Crippen molar-refractivity contribution in [1.82, 2.24) is 4.98 Å². The van der Waals surface area contributed by atoms with Crippen molar-refractivity contribution in [2.75, 3.05) is 29.9 Å². The number of halogens is 1. The number of hydrogen-bond acceptors (Lipinski definition) is 5. The van der Waals surface area contributed by atoms with E-state index in [1.807, 2.05) is 36.2 Å². The van der Waals surface area contributed by atoms with E-state index in [1.54, 1.807) is 0 Å². The van der Waals surface area contributed by atoms with E-state index in [4.69, 9.17) is 11.6 Å². The van der Waals surface area contributed by atoms with Crippen LogP contribution in [0, 0.1) is 10.1 Å². The Morgan fingerprint density at radius 1 is 1.24 bits per heavy atom. The van der Waals surface area contributed by atoms with Crippen molar-refractivity contribution in [2.24, 2.45) is 0 Å². The number of fused-ring (bicyclic) bond motifs is 1. The lowest BCUT2D eigenvalue weighted by molar-refractivity contribution is -0.384. The maximum absolute atomic E-state index is 11.0. The molecule has 0 saturated carbocycles. The summed E-state index contributed by atoms with van der Waals surface area (Å²) in [5.74, 6) is 0.495. The second-order valence-corrected chi connectivity index (χ2v) is 5.21. The summed E-state index contributed by atoms with van der Waals surface area (Å²) < 4.78 is 0. The van der Waals surface area contributed by atoms with Crippen molar-refractivity contribution in [1.29, 1.82) is 0 Å². The summed E-state index contributed by atoms with van der Waals surface area (Å²) in [7, 11) is 2.02. The molecule has 6 nitrogen and oxygen atoms in total. The smallest absolute Gasteiger partial charge is 0.276 e. The molecule has 0 atom stereocenters. The summed E-state index contributed by atoms with van der Waals surface area (Å²) in [6.45, 7) is 1.50. The highest BCUT2D eigenvalue weighted by Gasteiger charge is 2.23. The van der Waals surface area contributed by atoms with Gasteiger partial charge in [-0.15, -0.1) is 0 Å². The lowest BCUT2D eigenvalue weighted by atomic mass is 10.1. The molecule has 1 aromatic carbocycles. The summed E-state index contributed by atoms with van der Waals surface area (Å²) in [6.07, 6.45) is 0. The average molecular weight is 305 g/mol. The van der Waals surface area contributed by atoms with Crippen LogP contribution in [0.1, 0.15) is 0 Å². The van der Waals surface area contributed by atoms with Crippen LogP contribution in [0.25, 0.3) is 0 Å². The third-order valence-electron chi connectivity index (χ3n) is 3.50. The number of anilines is 3. The Morgan fingerprint density at radius 2 is 1.95 bits per heavy atom. The SMILES string of the molecule is CN1CCN(c2cc([N+](=O)[O-])cc(Cl)n2)c2ccccc21. The monoisotopic (exact) mass is 304 g/mol. The van der Waals surface area contributed by atoms with Crippen LogP contribution in [0.5, 0.6) is 0 Å². The number of likely N-dealkylation sites (N-methyl/N-ethyl adjacent to an activating group) is 1. The first-order chi connectivity index (χ1) is 10.1. The first-order valence-electron chi connectivity index (χ1n) is 6.46. The third kappa shape index (κ3) is 2.50. The molecule has 2 heterocycles. The van der Waals surface area contributed by atoms with E-state index in [0.29, 0.717) is 12.4 Å². The number of benzene rings is 1. The number of aromatic nitrogens is 1. The predicted molar refractivity (Wildman–Crippen MR) is 82.6 cm³/mol. The Hall–Kier alpha value is -2.34. The number of para-hydroxylation sites is 2. The van der Waals surface area contributed by atoms with E-state index in [-0.39, 0.29) is 10.8 Å². The molecule has 0 unspecified atom stereocenters. The molecule has 0 bridgehead atoms. The first-order valence-corrected chi connectivity index (χ1v) is 6.84. The normalized spacial score (nSPS) is 14.0. The minimum absolute atomic E-state index is 0.0543. The van der Waals surface area contributed by atoms with E-state index >= 15 is 0 Å². The first kappa shape index (κ1) is 13.6. The van der Waals surface area contributed by atoms with Gasteiger partial charge < -0.3 is 9.80 Å². The van der Waals surface area contributed by atoms with Crippen molar-refractivity contribution >= 4 is 34.5 Å². The largest absolute Gasteiger partial charge is 0.371 e. The molecule has 0 aliphatic carbocycles. The molecule has 3 rings (SSSR count). The number of nitrogens with zero attached hydrogens (tertiary/aromatic N) is 4. The zero-order valence-electron chi connectivity index (χ0n) is 11.4. The number of rotatable bonds is 2. The van der Waals surface area contributed by atoms with E-state index in [1.165, 1.54) is 12.1 Å². The number of hydrogen-bond donors (Lipinski definition) is 0. The van der Waals surface area contributed by atoms with Crippen molar-refractivity contribution < 1.29 is 4.92 Å². The highest BCUT2D eigenvalue weighted by atomic mass is 35.5. The van der Waals surface area contributed by atoms with Crippen LogP contribution < -0.4 is 9.80 Å². The highest BCUT2D eigenvalue weighted by molar-refractivity contribution is 6.29. The van der Waals surface area contributed by atoms with E-state index in [0.717, 1.165) is 17.9 Å². The van der Waals surface area contributed by atoms with Gasteiger partial charge in [-0.05, 0) is 12.1 Å². The molecular weight excluding hydrogens is 292 g/mol. The molecule has 1 aliphatic heterocycles. The molecule has 0 saturated heterocycles. The Balaban J connectivity index is 2.10. The number of nitro groups is 1. The molecule has 7 heteroatoms. The molecule has 2 aromatic rings. The van der Waals surface area contributed by atoms with Gasteiger partial charge >= 0.3 is 0 Å². The topological polar surface area (TPSA) is 62.5 Å². The van der Waals surface area contributed by atoms with Crippen LogP contribution in [0.4, 0.5) is 22.9 Å². The fraction of sp³-hybridized carbons (Fsp3) is 0.214. The molecule has 0 spiro atoms. The van der Waals surface area contributed by atoms with Gasteiger partial charge in [0.05, 0.1) is 28.4 Å². The molecule has 0 fully saturated rings. The molecule has 0 amide bonds. The Bertz CT molecular complexity index is 707. The summed E-state index contributed by atoms with van der Waals surface area (Å²) in [5, 5.41) is 11.1. The maximum atomic E-state index is 11.0. The molecular formula is C14H13ClN4O2. The molecule has 0 radical (unpaired) electrons. The van der Waals surface area contributed by atoms with Crippen LogP contribution >= 0.6 is 11.6 Å². The van der Waals surface area contributed by atoms with Crippen LogP contribution in [0.2, 0.25) is 5.15 Å². The van der Waals surface area contributed by atoms with Gasteiger partial charge in [0.15, 0.2) is 0 Å². The predicted octanol–water partition coefficient (Wildman–Crippen LogP) is 3.23. The average Bonchev–Trinajstić information content (AvgIpc) is 2.47. The molecule has 1 aromatic heterocycles. The van der Waals surface area contributed by atoms with Gasteiger partial charge in [0.25, 0.3) is 5.69 Å². The summed E-state index contributed by atoms with van der Waals surface area (Å²) in [4.78, 5) is 18.8. The zero-order chi connectivity index (χ0) is 15.0. The molecule has 21 heavy (non-hydrogen) atoms. The summed E-state index contributed by atoms with van der Waals surface area (Å²) in [5.41, 5.74) is 1.98. The van der Waals surface area contributed by atoms with Crippen molar-refractivity contribution in [3.63, 3.8) is 0 Å². The quantitative estimate of drug-likeness (QED) is 0.484. The van der Waals surface area contributed by atoms with Crippen LogP contribution in [-0.2, 0) is 0 Å². The fourth-order valence-electron chi connectivity index (χ4n) is 2.46. The van der Waals surface area contributed by atoms with Gasteiger partial charge in [-0.3, -0.25) is 10.1 Å². The van der Waals surface area contributed by atoms with Gasteiger partial charge in [-0.25, -0.2) is 4.98 Å². The second-order valence-electron chi connectivity index (χ2n) is 4.83. The van der Waals surface area contributed by atoms with Crippen LogP contribution in [0.3, 0.4) is 0 Å². The maximum Gasteiger partial charge on any atom is 0.276 e. The minimum Gasteiger partial charge on any atom is -0.371 e. The summed E-state index contributed by atoms with van der Waals surface area (Å²) in [6, 6.07) is 10.6. The fourth-order valence-corrected chi connectivity index (χ4v) is 2.66. The van der Waals surface area contributed by atoms with E-state index < -0.39 is 4.92 Å². The van der Waals surface area contributed by atoms with Crippen molar-refractivity contribution in [2.45, 2.75) is 0 Å². The van der Waals surface area contributed by atoms with Gasteiger partial charge in [0.1, 0.15) is 11.0 Å². The van der Waals surface area contributed by atoms with E-state index in [9.17, 15) is 10.1 Å². The summed E-state index contributed by atoms with van der Waals surface area (Å²) >= 11 is 5.92. The minimum atomic E-state index is -0.459. The van der Waals surface area contributed by atoms with Gasteiger partial charge in [0.2, 0.25) is 0 Å². The van der Waals surface area contributed by atoms with Crippen LogP contribution in [0.15, 0.2) is 36.4 Å². The standard InChI is InChI=1S/C14H13ClN4O2/c1-17-6-7-18(12-5-3-2-4-11(12)17)14-9-10(19(20)21)8-13(15)16-14/h2-5,8-9H,6-7H2,1H3. The lowest BCUT2D eigenvalue weighted by Crippen LogP contribution is -2.36. The second kappa shape index (κ2) is 5.21. The van der Waals surface area contributed by atoms with Crippen molar-refractivity contribution in [3.05, 3.63) is 51.7 Å². The third-order valence-corrected chi connectivity index (χ3v) is 3.69. The number of pyridine rings is 1. The van der Waals surface area contributed by atoms with Crippen LogP contribution in [-0.4, -0.2) is 30.0 Å². The Kier molecular flexibility index (Phi) is 3.39. The zero-order valence-corrected chi connectivity index (χ0v) is 12.1.